The lowest BCUT2D eigenvalue weighted by atomic mass is 10.7. The highest BCUT2D eigenvalue weighted by Gasteiger charge is 1.97. The van der Waals surface area contributed by atoms with Crippen LogP contribution in [0.1, 0.15) is 0 Å². The average Bonchev–Trinajstić information content (AvgIpc) is 2.21. The van der Waals surface area contributed by atoms with E-state index in [1.54, 1.807) is 7.05 Å². The molecule has 0 heterocycles. The molecule has 0 aromatic rings. The fourth-order valence-electron chi connectivity index (χ4n) is 0.652. The van der Waals surface area contributed by atoms with Crippen LogP contribution in [0.25, 0.3) is 0 Å². The third-order valence-corrected chi connectivity index (χ3v) is 2.29. The average molecular weight is 239 g/mol. The Labute approximate surface area is 94.5 Å². The molecule has 0 aliphatic heterocycles. The van der Waals surface area contributed by atoms with Gasteiger partial charge in [0.2, 0.25) is 0 Å². The Kier molecular flexibility index (Phi) is 11.2. The third kappa shape index (κ3) is 10.2. The maximum atomic E-state index is 10.7. The summed E-state index contributed by atoms with van der Waals surface area (Å²) in [5.41, 5.74) is 0. The predicted molar refractivity (Wildman–Crippen MR) is 62.4 cm³/mol. The summed E-state index contributed by atoms with van der Waals surface area (Å²) in [6.45, 7) is 2.38. The minimum Gasteiger partial charge on any atom is -0.378 e. The number of carbonyl (C=O) groups is 1. The zero-order valence-corrected chi connectivity index (χ0v) is 10.0. The molecule has 0 saturated carbocycles. The summed E-state index contributed by atoms with van der Waals surface area (Å²) in [4.78, 5) is 10.7. The molecule has 6 heteroatoms. The van der Waals surface area contributed by atoms with E-state index in [1.165, 1.54) is 11.8 Å². The van der Waals surface area contributed by atoms with Crippen molar-refractivity contribution in [3.8, 4) is 0 Å². The molecule has 0 fully saturated rings. The first-order chi connectivity index (χ1) is 6.81. The lowest BCUT2D eigenvalue weighted by molar-refractivity contribution is 0.0606. The zero-order valence-electron chi connectivity index (χ0n) is 8.32. The van der Waals surface area contributed by atoms with E-state index >= 15 is 0 Å². The number of ether oxygens (including phenoxy) is 2. The molecule has 0 aromatic carbocycles. The van der Waals surface area contributed by atoms with E-state index in [0.717, 1.165) is 5.75 Å². The SMILES string of the molecule is CNC(=O)SCCOCCOCCS. The van der Waals surface area contributed by atoms with Gasteiger partial charge in [-0.25, -0.2) is 0 Å². The summed E-state index contributed by atoms with van der Waals surface area (Å²) in [7, 11) is 1.61. The zero-order chi connectivity index (χ0) is 10.6. The number of nitrogens with one attached hydrogen (secondary N) is 1. The molecular weight excluding hydrogens is 222 g/mol. The maximum Gasteiger partial charge on any atom is 0.278 e. The molecule has 0 unspecified atom stereocenters. The Balaban J connectivity index is 2.95. The van der Waals surface area contributed by atoms with Crippen LogP contribution < -0.4 is 5.32 Å². The quantitative estimate of drug-likeness (QED) is 0.490. The van der Waals surface area contributed by atoms with Crippen molar-refractivity contribution in [1.29, 1.82) is 0 Å². The van der Waals surface area contributed by atoms with Crippen molar-refractivity contribution in [3.63, 3.8) is 0 Å². The van der Waals surface area contributed by atoms with Crippen LogP contribution in [-0.2, 0) is 9.47 Å². The minimum atomic E-state index is -0.0278. The summed E-state index contributed by atoms with van der Waals surface area (Å²) >= 11 is 5.22. The van der Waals surface area contributed by atoms with Crippen molar-refractivity contribution in [2.75, 3.05) is 45.0 Å². The first kappa shape index (κ1) is 14.1. The second-order valence-electron chi connectivity index (χ2n) is 2.33. The first-order valence-electron chi connectivity index (χ1n) is 4.42. The molecule has 0 atom stereocenters. The van der Waals surface area contributed by atoms with Crippen molar-refractivity contribution < 1.29 is 14.3 Å². The van der Waals surface area contributed by atoms with Gasteiger partial charge in [-0.1, -0.05) is 11.8 Å². The fourth-order valence-corrected chi connectivity index (χ4v) is 1.31. The fraction of sp³-hybridized carbons (Fsp3) is 0.875. The van der Waals surface area contributed by atoms with Crippen molar-refractivity contribution in [3.05, 3.63) is 0 Å². The van der Waals surface area contributed by atoms with Crippen molar-refractivity contribution >= 4 is 29.6 Å². The number of hydrogen-bond acceptors (Lipinski definition) is 5. The Morgan fingerprint density at radius 2 is 1.93 bits per heavy atom. The number of rotatable bonds is 8. The maximum absolute atomic E-state index is 10.7. The molecule has 0 rings (SSSR count). The van der Waals surface area contributed by atoms with Gasteiger partial charge in [0.05, 0.1) is 26.4 Å². The monoisotopic (exact) mass is 239 g/mol. The van der Waals surface area contributed by atoms with E-state index in [-0.39, 0.29) is 5.24 Å². The molecule has 1 N–H and O–H groups in total. The number of thiol groups is 1. The summed E-state index contributed by atoms with van der Waals surface area (Å²) in [5, 5.41) is 2.49. The highest BCUT2D eigenvalue weighted by molar-refractivity contribution is 8.13. The summed E-state index contributed by atoms with van der Waals surface area (Å²) in [6.07, 6.45) is 0. The molecule has 0 aliphatic rings. The Bertz CT molecular complexity index is 147. The number of hydrogen-bond donors (Lipinski definition) is 2. The van der Waals surface area contributed by atoms with Gasteiger partial charge in [-0.05, 0) is 0 Å². The number of thioether (sulfide) groups is 1. The minimum absolute atomic E-state index is 0.0278. The highest BCUT2D eigenvalue weighted by Crippen LogP contribution is 1.99. The predicted octanol–water partition coefficient (Wildman–Crippen LogP) is 1.02. The van der Waals surface area contributed by atoms with Crippen LogP contribution in [-0.4, -0.2) is 50.2 Å². The van der Waals surface area contributed by atoms with Crippen LogP contribution in [0.5, 0.6) is 0 Å². The molecule has 0 aromatic heterocycles. The van der Waals surface area contributed by atoms with Gasteiger partial charge in [0, 0.05) is 18.6 Å². The Hall–Kier alpha value is 0.0900. The first-order valence-corrected chi connectivity index (χ1v) is 6.04. The second kappa shape index (κ2) is 11.2. The van der Waals surface area contributed by atoms with Gasteiger partial charge in [-0.15, -0.1) is 0 Å². The van der Waals surface area contributed by atoms with Gasteiger partial charge >= 0.3 is 0 Å². The molecule has 0 saturated heterocycles. The van der Waals surface area contributed by atoms with Gasteiger partial charge in [0.15, 0.2) is 0 Å². The van der Waals surface area contributed by atoms with Crippen LogP contribution in [0.4, 0.5) is 4.79 Å². The topological polar surface area (TPSA) is 47.6 Å². The van der Waals surface area contributed by atoms with Crippen molar-refractivity contribution in [2.24, 2.45) is 0 Å². The smallest absolute Gasteiger partial charge is 0.278 e. The van der Waals surface area contributed by atoms with Gasteiger partial charge in [0.1, 0.15) is 0 Å². The van der Waals surface area contributed by atoms with E-state index in [1.807, 2.05) is 0 Å². The molecule has 0 spiro atoms. The van der Waals surface area contributed by atoms with Gasteiger partial charge in [-0.2, -0.15) is 12.6 Å². The molecule has 14 heavy (non-hydrogen) atoms. The molecule has 0 radical (unpaired) electrons. The highest BCUT2D eigenvalue weighted by atomic mass is 32.2. The normalized spacial score (nSPS) is 10.1. The largest absolute Gasteiger partial charge is 0.378 e. The standard InChI is InChI=1S/C8H17NO3S2/c1-9-8(10)14-7-5-12-3-2-11-4-6-13/h13H,2-7H2,1H3,(H,9,10). The molecule has 0 bridgehead atoms. The lowest BCUT2D eigenvalue weighted by Crippen LogP contribution is -2.14. The number of carbonyl (C=O) groups excluding carboxylic acids is 1. The van der Waals surface area contributed by atoms with Crippen LogP contribution in [0.2, 0.25) is 0 Å². The molecule has 0 aliphatic carbocycles. The molecule has 84 valence electrons. The van der Waals surface area contributed by atoms with Crippen LogP contribution in [0, 0.1) is 0 Å². The van der Waals surface area contributed by atoms with E-state index < -0.39 is 0 Å². The lowest BCUT2D eigenvalue weighted by Gasteiger charge is -2.04. The number of amides is 1. The van der Waals surface area contributed by atoms with E-state index in [2.05, 4.69) is 17.9 Å². The van der Waals surface area contributed by atoms with Crippen molar-refractivity contribution in [2.45, 2.75) is 0 Å². The Morgan fingerprint density at radius 3 is 2.50 bits per heavy atom. The molecule has 1 amide bonds. The molecule has 4 nitrogen and oxygen atoms in total. The summed E-state index contributed by atoms with van der Waals surface area (Å²) in [6, 6.07) is 0. The van der Waals surface area contributed by atoms with Crippen LogP contribution in [0.3, 0.4) is 0 Å². The van der Waals surface area contributed by atoms with Gasteiger partial charge < -0.3 is 14.8 Å². The third-order valence-electron chi connectivity index (χ3n) is 1.27. The second-order valence-corrected chi connectivity index (χ2v) is 3.85. The van der Waals surface area contributed by atoms with Gasteiger partial charge in [-0.3, -0.25) is 4.79 Å². The van der Waals surface area contributed by atoms with Crippen LogP contribution >= 0.6 is 24.4 Å². The summed E-state index contributed by atoms with van der Waals surface area (Å²) < 4.78 is 10.4. The van der Waals surface area contributed by atoms with E-state index in [4.69, 9.17) is 9.47 Å². The van der Waals surface area contributed by atoms with E-state index in [0.29, 0.717) is 32.2 Å². The Morgan fingerprint density at radius 1 is 1.29 bits per heavy atom. The van der Waals surface area contributed by atoms with Gasteiger partial charge in [0.25, 0.3) is 5.24 Å². The van der Waals surface area contributed by atoms with Crippen molar-refractivity contribution in [1.82, 2.24) is 5.32 Å². The summed E-state index contributed by atoms with van der Waals surface area (Å²) in [5.74, 6) is 1.40. The molecular formula is C8H17NO3S2. The van der Waals surface area contributed by atoms with E-state index in [9.17, 15) is 4.79 Å². The van der Waals surface area contributed by atoms with Crippen LogP contribution in [0.15, 0.2) is 0 Å².